The van der Waals surface area contributed by atoms with Crippen molar-refractivity contribution in [2.24, 2.45) is 4.99 Å². The first-order valence-electron chi connectivity index (χ1n) is 23.5. The van der Waals surface area contributed by atoms with Gasteiger partial charge in [0.2, 0.25) is 0 Å². The maximum absolute atomic E-state index is 14.0. The lowest BCUT2D eigenvalue weighted by atomic mass is 9.96. The van der Waals surface area contributed by atoms with Gasteiger partial charge in [-0.25, -0.2) is 0 Å². The summed E-state index contributed by atoms with van der Waals surface area (Å²) in [5.41, 5.74) is 8.44. The number of methoxy groups -OCH3 is 1. The van der Waals surface area contributed by atoms with Gasteiger partial charge in [0.15, 0.2) is 11.5 Å². The van der Waals surface area contributed by atoms with Crippen LogP contribution in [0.25, 0.3) is 11.1 Å². The zero-order valence-corrected chi connectivity index (χ0v) is 40.8. The molecule has 8 rings (SSSR count). The van der Waals surface area contributed by atoms with E-state index in [4.69, 9.17) is 38.2 Å². The standard InChI is InChI=1S/C53H61N3O10S2/c1-36-26-45-40(29-48(36)65-14-5-15-66-50-31-47-46(30-49(50)60-3)53(59)56-34-42(28-44(56)32-54-47)51-6-4-24-68-51)11-12-43-27-41(33-55(43)52(45)58)39-9-7-38(8-10-39)35-67-25-23-64-22-21-63-20-19-62-18-17-61-16-13-37(2)57/h4,6-10,24,26,29-34,43-44H,5,11-23,25,27-28,35H2,1-3H3/t43-,44+/m1/s1. The number of hydrogen-bond donors (Lipinski definition) is 0. The predicted molar refractivity (Wildman–Crippen MR) is 267 cm³/mol. The molecule has 3 aromatic carbocycles. The second kappa shape index (κ2) is 24.3. The number of ketones is 1. The van der Waals surface area contributed by atoms with Crippen LogP contribution in [0, 0.1) is 6.92 Å². The first-order valence-corrected chi connectivity index (χ1v) is 25.5. The van der Waals surface area contributed by atoms with Gasteiger partial charge in [0.1, 0.15) is 11.5 Å². The van der Waals surface area contributed by atoms with Gasteiger partial charge in [-0.15, -0.1) is 11.3 Å². The lowest BCUT2D eigenvalue weighted by Crippen LogP contribution is -2.32. The molecule has 0 bridgehead atoms. The smallest absolute Gasteiger partial charge is 0.260 e. The third kappa shape index (κ3) is 12.7. The number of amides is 2. The number of Topliss-reactive ketones (excluding diaryl/α,β-unsaturated/α-hetero) is 1. The number of nitrogens with zero attached hydrogens (tertiary/aromatic N) is 3. The Hall–Kier alpha value is -5.29. The molecule has 0 spiro atoms. The average molecular weight is 964 g/mol. The molecule has 2 atom stereocenters. The quantitative estimate of drug-likeness (QED) is 0.0558. The van der Waals surface area contributed by atoms with Crippen molar-refractivity contribution in [3.63, 3.8) is 0 Å². The molecule has 0 radical (unpaired) electrons. The van der Waals surface area contributed by atoms with Crippen LogP contribution in [0.15, 0.2) is 83.4 Å². The Morgan fingerprint density at radius 1 is 0.765 bits per heavy atom. The monoisotopic (exact) mass is 963 g/mol. The van der Waals surface area contributed by atoms with Crippen LogP contribution in [0.4, 0.5) is 5.69 Å². The first kappa shape index (κ1) is 49.1. The van der Waals surface area contributed by atoms with Crippen molar-refractivity contribution in [1.82, 2.24) is 9.80 Å². The molecule has 0 aliphatic carbocycles. The van der Waals surface area contributed by atoms with Gasteiger partial charge in [-0.1, -0.05) is 30.3 Å². The zero-order valence-electron chi connectivity index (χ0n) is 39.2. The molecule has 360 valence electrons. The number of ether oxygens (including phenoxy) is 7. The van der Waals surface area contributed by atoms with Gasteiger partial charge >= 0.3 is 0 Å². The fraction of sp³-hybridized carbons (Fsp3) is 0.434. The summed E-state index contributed by atoms with van der Waals surface area (Å²) in [5, 5.41) is 2.04. The summed E-state index contributed by atoms with van der Waals surface area (Å²) in [5.74, 6) is 3.63. The number of aliphatic imine (C=N–C) groups is 1. The highest BCUT2D eigenvalue weighted by molar-refractivity contribution is 7.98. The number of carbonyl (C=O) groups excluding carboxylic acids is 3. The summed E-state index contributed by atoms with van der Waals surface area (Å²) in [6, 6.07) is 20.3. The maximum Gasteiger partial charge on any atom is 0.260 e. The summed E-state index contributed by atoms with van der Waals surface area (Å²) in [7, 11) is 1.57. The summed E-state index contributed by atoms with van der Waals surface area (Å²) in [4.78, 5) is 48.2. The van der Waals surface area contributed by atoms with E-state index in [1.807, 2.05) is 59.6 Å². The largest absolute Gasteiger partial charge is 0.493 e. The molecule has 5 heterocycles. The summed E-state index contributed by atoms with van der Waals surface area (Å²) in [6.07, 6.45) is 10.1. The molecule has 4 aromatic rings. The highest BCUT2D eigenvalue weighted by Gasteiger charge is 2.35. The van der Waals surface area contributed by atoms with E-state index in [-0.39, 0.29) is 29.7 Å². The lowest BCUT2D eigenvalue weighted by molar-refractivity contribution is -0.118. The number of aryl methyl sites for hydroxylation is 2. The second-order valence-corrected chi connectivity index (χ2v) is 19.2. The fourth-order valence-electron chi connectivity index (χ4n) is 8.62. The van der Waals surface area contributed by atoms with Crippen LogP contribution in [-0.4, -0.2) is 125 Å². The van der Waals surface area contributed by atoms with Crippen LogP contribution in [0.2, 0.25) is 0 Å². The van der Waals surface area contributed by atoms with Crippen LogP contribution < -0.4 is 14.2 Å². The Morgan fingerprint density at radius 3 is 2.19 bits per heavy atom. The van der Waals surface area contributed by atoms with Crippen molar-refractivity contribution in [2.75, 3.05) is 78.9 Å². The molecule has 0 N–H and O–H groups in total. The average Bonchev–Trinajstić information content (AvgIpc) is 4.11. The molecule has 0 fully saturated rings. The molecular weight excluding hydrogens is 903 g/mol. The SMILES string of the molecule is COc1cc2c(cc1OCCCOc1cc3c(cc1C)C(=O)N1C=C(c4ccc(CSCCOCCOCCOCCOCCC(C)=O)cc4)C[C@H]1CC3)N=C[C@@H]1CC(c3cccs3)=CN1C2=O. The molecule has 13 nitrogen and oxygen atoms in total. The minimum absolute atomic E-state index is 0.0392. The van der Waals surface area contributed by atoms with Crippen LogP contribution in [0.3, 0.4) is 0 Å². The van der Waals surface area contributed by atoms with Crippen molar-refractivity contribution in [3.8, 4) is 17.2 Å². The Labute approximate surface area is 407 Å². The van der Waals surface area contributed by atoms with Crippen LogP contribution >= 0.6 is 23.1 Å². The molecule has 4 aliphatic heterocycles. The Balaban J connectivity index is 0.742. The van der Waals surface area contributed by atoms with Crippen molar-refractivity contribution in [3.05, 3.63) is 117 Å². The minimum atomic E-state index is -0.139. The molecule has 0 saturated heterocycles. The van der Waals surface area contributed by atoms with E-state index in [1.165, 1.54) is 11.1 Å². The number of benzene rings is 3. The van der Waals surface area contributed by atoms with Crippen molar-refractivity contribution >= 4 is 63.7 Å². The summed E-state index contributed by atoms with van der Waals surface area (Å²) < 4.78 is 40.2. The van der Waals surface area contributed by atoms with Gasteiger partial charge in [0, 0.05) is 71.9 Å². The molecule has 1 aromatic heterocycles. The normalized spacial score (nSPS) is 17.2. The molecule has 15 heteroatoms. The topological polar surface area (TPSA) is 135 Å². The molecule has 4 aliphatic rings. The number of rotatable bonds is 26. The van der Waals surface area contributed by atoms with Crippen molar-refractivity contribution in [1.29, 1.82) is 0 Å². The molecule has 0 unspecified atom stereocenters. The van der Waals surface area contributed by atoms with Crippen molar-refractivity contribution < 1.29 is 47.5 Å². The maximum atomic E-state index is 14.0. The highest BCUT2D eigenvalue weighted by Crippen LogP contribution is 2.41. The van der Waals surface area contributed by atoms with E-state index in [0.29, 0.717) is 102 Å². The van der Waals surface area contributed by atoms with E-state index in [2.05, 4.69) is 36.5 Å². The van der Waals surface area contributed by atoms with Gasteiger partial charge in [-0.3, -0.25) is 19.4 Å². The third-order valence-corrected chi connectivity index (χ3v) is 14.2. The van der Waals surface area contributed by atoms with Gasteiger partial charge in [0.25, 0.3) is 11.8 Å². The molecule has 68 heavy (non-hydrogen) atoms. The minimum Gasteiger partial charge on any atom is -0.493 e. The van der Waals surface area contributed by atoms with E-state index in [1.54, 1.807) is 42.4 Å². The Bertz CT molecular complexity index is 2470. The van der Waals surface area contributed by atoms with E-state index >= 15 is 0 Å². The van der Waals surface area contributed by atoms with Crippen molar-refractivity contribution in [2.45, 2.75) is 70.2 Å². The highest BCUT2D eigenvalue weighted by atomic mass is 32.2. The zero-order chi connectivity index (χ0) is 47.2. The lowest BCUT2D eigenvalue weighted by Gasteiger charge is -2.20. The van der Waals surface area contributed by atoms with Gasteiger partial charge < -0.3 is 43.0 Å². The van der Waals surface area contributed by atoms with E-state index in [9.17, 15) is 14.4 Å². The third-order valence-electron chi connectivity index (χ3n) is 12.3. The van der Waals surface area contributed by atoms with E-state index < -0.39 is 0 Å². The van der Waals surface area contributed by atoms with Gasteiger partial charge in [-0.2, -0.15) is 11.8 Å². The van der Waals surface area contributed by atoms with Gasteiger partial charge in [-0.05, 0) is 96.2 Å². The van der Waals surface area contributed by atoms with Crippen LogP contribution in [0.1, 0.15) is 86.9 Å². The number of carbonyl (C=O) groups is 3. The number of thioether (sulfide) groups is 1. The number of hydrogen-bond acceptors (Lipinski definition) is 13. The summed E-state index contributed by atoms with van der Waals surface area (Å²) >= 11 is 3.51. The molecule has 0 saturated carbocycles. The molecular formula is C53H61N3O10S2. The molecule has 2 amide bonds. The van der Waals surface area contributed by atoms with Crippen LogP contribution in [-0.2, 0) is 35.9 Å². The fourth-order valence-corrected chi connectivity index (χ4v) is 10.2. The predicted octanol–water partition coefficient (Wildman–Crippen LogP) is 9.37. The summed E-state index contributed by atoms with van der Waals surface area (Å²) in [6.45, 7) is 8.50. The number of thiophene rings is 1. The van der Waals surface area contributed by atoms with E-state index in [0.717, 1.165) is 75.6 Å². The second-order valence-electron chi connectivity index (χ2n) is 17.2. The van der Waals surface area contributed by atoms with Crippen LogP contribution in [0.5, 0.6) is 17.2 Å². The number of fused-ring (bicyclic) bond motifs is 4. The van der Waals surface area contributed by atoms with Gasteiger partial charge in [0.05, 0.1) is 90.5 Å². The first-order chi connectivity index (χ1) is 33.2. The Kier molecular flexibility index (Phi) is 17.6. The Morgan fingerprint density at radius 2 is 1.47 bits per heavy atom.